The van der Waals surface area contributed by atoms with E-state index < -0.39 is 6.16 Å². The molecule has 0 saturated carbocycles. The Morgan fingerprint density at radius 3 is 1.79 bits per heavy atom. The topological polar surface area (TPSA) is 54.0 Å². The molecule has 0 radical (unpaired) electrons. The molecule has 2 unspecified atom stereocenters. The molecule has 2 atom stereocenters. The van der Waals surface area contributed by atoms with Crippen LogP contribution in [0.5, 0.6) is 0 Å². The molecule has 0 aromatic carbocycles. The quantitative estimate of drug-likeness (QED) is 0.557. The zero-order valence-corrected chi connectivity index (χ0v) is 8.52. The Hall–Kier alpha value is -0.810. The minimum Gasteiger partial charge on any atom is -0.431 e. The number of hydrogen-bond acceptors (Lipinski definition) is 5. The molecule has 2 aliphatic rings. The molecule has 2 aliphatic heterocycles. The van der Waals surface area contributed by atoms with Gasteiger partial charge in [0.15, 0.2) is 0 Å². The SMILES string of the molecule is CC1CC(C)OCO1.O=C1OCCO1. The van der Waals surface area contributed by atoms with E-state index in [1.165, 1.54) is 0 Å². The minimum absolute atomic E-state index is 0.388. The average Bonchev–Trinajstić information content (AvgIpc) is 2.56. The van der Waals surface area contributed by atoms with Crippen LogP contribution in [0.1, 0.15) is 20.3 Å². The molecule has 0 N–H and O–H groups in total. The van der Waals surface area contributed by atoms with E-state index in [1.54, 1.807) is 0 Å². The van der Waals surface area contributed by atoms with E-state index in [1.807, 2.05) is 0 Å². The molecule has 2 heterocycles. The van der Waals surface area contributed by atoms with Crippen molar-refractivity contribution in [2.75, 3.05) is 20.0 Å². The zero-order valence-electron chi connectivity index (χ0n) is 8.52. The molecule has 82 valence electrons. The molecular formula is C9H16O5. The summed E-state index contributed by atoms with van der Waals surface area (Å²) in [6.45, 7) is 5.44. The van der Waals surface area contributed by atoms with Gasteiger partial charge < -0.3 is 18.9 Å². The van der Waals surface area contributed by atoms with Gasteiger partial charge in [0.1, 0.15) is 20.0 Å². The van der Waals surface area contributed by atoms with E-state index >= 15 is 0 Å². The number of cyclic esters (lactones) is 2. The van der Waals surface area contributed by atoms with Gasteiger partial charge in [0.25, 0.3) is 0 Å². The summed E-state index contributed by atoms with van der Waals surface area (Å²) in [5, 5.41) is 0. The van der Waals surface area contributed by atoms with Gasteiger partial charge in [-0.25, -0.2) is 4.79 Å². The molecule has 2 saturated heterocycles. The predicted molar refractivity (Wildman–Crippen MR) is 47.9 cm³/mol. The first-order chi connectivity index (χ1) is 6.68. The van der Waals surface area contributed by atoms with Gasteiger partial charge in [0.2, 0.25) is 0 Å². The fourth-order valence-corrected chi connectivity index (χ4v) is 1.17. The lowest BCUT2D eigenvalue weighted by atomic mass is 10.2. The minimum atomic E-state index is -0.546. The number of hydrogen-bond donors (Lipinski definition) is 0. The van der Waals surface area contributed by atoms with Gasteiger partial charge in [-0.15, -0.1) is 0 Å². The highest BCUT2D eigenvalue weighted by Gasteiger charge is 2.14. The second-order valence-electron chi connectivity index (χ2n) is 3.26. The molecular weight excluding hydrogens is 188 g/mol. The van der Waals surface area contributed by atoms with Crippen molar-refractivity contribution < 1.29 is 23.7 Å². The number of rotatable bonds is 0. The van der Waals surface area contributed by atoms with E-state index in [4.69, 9.17) is 9.47 Å². The summed E-state index contributed by atoms with van der Waals surface area (Å²) in [5.41, 5.74) is 0. The molecule has 0 aromatic rings. The van der Waals surface area contributed by atoms with Gasteiger partial charge in [-0.1, -0.05) is 0 Å². The fourth-order valence-electron chi connectivity index (χ4n) is 1.17. The van der Waals surface area contributed by atoms with Crippen LogP contribution in [0.15, 0.2) is 0 Å². The molecule has 14 heavy (non-hydrogen) atoms. The largest absolute Gasteiger partial charge is 0.508 e. The lowest BCUT2D eigenvalue weighted by Crippen LogP contribution is -2.26. The maximum absolute atomic E-state index is 9.80. The molecule has 0 amide bonds. The Kier molecular flexibility index (Phi) is 4.69. The Labute approximate surface area is 83.3 Å². The van der Waals surface area contributed by atoms with Crippen molar-refractivity contribution in [1.82, 2.24) is 0 Å². The smallest absolute Gasteiger partial charge is 0.431 e. The van der Waals surface area contributed by atoms with Crippen LogP contribution < -0.4 is 0 Å². The van der Waals surface area contributed by atoms with Crippen LogP contribution in [0.3, 0.4) is 0 Å². The third-order valence-corrected chi connectivity index (χ3v) is 1.89. The molecule has 2 fully saturated rings. The van der Waals surface area contributed by atoms with Crippen LogP contribution in [0.2, 0.25) is 0 Å². The highest BCUT2D eigenvalue weighted by Crippen LogP contribution is 2.10. The van der Waals surface area contributed by atoms with Crippen LogP contribution >= 0.6 is 0 Å². The zero-order chi connectivity index (χ0) is 10.4. The number of carbonyl (C=O) groups excluding carboxylic acids is 1. The van der Waals surface area contributed by atoms with Crippen molar-refractivity contribution in [3.8, 4) is 0 Å². The van der Waals surface area contributed by atoms with Crippen molar-refractivity contribution in [3.63, 3.8) is 0 Å². The molecule has 5 heteroatoms. The van der Waals surface area contributed by atoms with Gasteiger partial charge in [-0.3, -0.25) is 0 Å². The van der Waals surface area contributed by atoms with E-state index in [2.05, 4.69) is 23.3 Å². The third kappa shape index (κ3) is 4.43. The maximum atomic E-state index is 9.80. The predicted octanol–water partition coefficient (Wildman–Crippen LogP) is 1.31. The van der Waals surface area contributed by atoms with Crippen LogP contribution in [0, 0.1) is 0 Å². The first-order valence-corrected chi connectivity index (χ1v) is 4.71. The Bertz CT molecular complexity index is 166. The summed E-state index contributed by atoms with van der Waals surface area (Å²) >= 11 is 0. The summed E-state index contributed by atoms with van der Waals surface area (Å²) in [7, 11) is 0. The summed E-state index contributed by atoms with van der Waals surface area (Å²) < 4.78 is 18.8. The van der Waals surface area contributed by atoms with Crippen molar-refractivity contribution in [3.05, 3.63) is 0 Å². The average molecular weight is 204 g/mol. The van der Waals surface area contributed by atoms with Gasteiger partial charge >= 0.3 is 6.16 Å². The lowest BCUT2D eigenvalue weighted by Gasteiger charge is -2.24. The van der Waals surface area contributed by atoms with E-state index in [0.717, 1.165) is 6.42 Å². The van der Waals surface area contributed by atoms with E-state index in [9.17, 15) is 4.79 Å². The second kappa shape index (κ2) is 5.82. The first-order valence-electron chi connectivity index (χ1n) is 4.71. The van der Waals surface area contributed by atoms with Crippen LogP contribution in [-0.2, 0) is 18.9 Å². The Balaban J connectivity index is 0.000000146. The van der Waals surface area contributed by atoms with Crippen molar-refractivity contribution >= 4 is 6.16 Å². The van der Waals surface area contributed by atoms with E-state index in [-0.39, 0.29) is 0 Å². The van der Waals surface area contributed by atoms with E-state index in [0.29, 0.717) is 32.2 Å². The summed E-state index contributed by atoms with van der Waals surface area (Å²) in [4.78, 5) is 9.80. The van der Waals surface area contributed by atoms with Crippen molar-refractivity contribution in [1.29, 1.82) is 0 Å². The standard InChI is InChI=1S/C6H12O2.C3H4O3/c1-5-3-6(2)8-4-7-5;4-3-5-1-2-6-3/h5-6H,3-4H2,1-2H3;1-2H2. The molecule has 0 bridgehead atoms. The maximum Gasteiger partial charge on any atom is 0.508 e. The second-order valence-corrected chi connectivity index (χ2v) is 3.26. The van der Waals surface area contributed by atoms with Crippen LogP contribution in [-0.4, -0.2) is 38.4 Å². The highest BCUT2D eigenvalue weighted by atomic mass is 16.8. The van der Waals surface area contributed by atoms with Gasteiger partial charge in [-0.2, -0.15) is 0 Å². The van der Waals surface area contributed by atoms with Crippen LogP contribution in [0.25, 0.3) is 0 Å². The highest BCUT2D eigenvalue weighted by molar-refractivity contribution is 5.61. The Morgan fingerprint density at radius 1 is 1.07 bits per heavy atom. The summed E-state index contributed by atoms with van der Waals surface area (Å²) in [5.74, 6) is 0. The molecule has 0 aliphatic carbocycles. The van der Waals surface area contributed by atoms with Gasteiger partial charge in [-0.05, 0) is 20.3 Å². The first kappa shape index (κ1) is 11.3. The molecule has 5 nitrogen and oxygen atoms in total. The number of carbonyl (C=O) groups is 1. The fraction of sp³-hybridized carbons (Fsp3) is 0.889. The monoisotopic (exact) mass is 204 g/mol. The Morgan fingerprint density at radius 2 is 1.57 bits per heavy atom. The number of ether oxygens (including phenoxy) is 4. The normalized spacial score (nSPS) is 31.1. The summed E-state index contributed by atoms with van der Waals surface area (Å²) in [6, 6.07) is 0. The summed E-state index contributed by atoms with van der Waals surface area (Å²) in [6.07, 6.45) is 1.26. The molecule has 2 rings (SSSR count). The van der Waals surface area contributed by atoms with Crippen LogP contribution in [0.4, 0.5) is 4.79 Å². The third-order valence-electron chi connectivity index (χ3n) is 1.89. The van der Waals surface area contributed by atoms with Crippen molar-refractivity contribution in [2.24, 2.45) is 0 Å². The van der Waals surface area contributed by atoms with Gasteiger partial charge in [0.05, 0.1) is 12.2 Å². The van der Waals surface area contributed by atoms with Gasteiger partial charge in [0, 0.05) is 0 Å². The van der Waals surface area contributed by atoms with Crippen molar-refractivity contribution in [2.45, 2.75) is 32.5 Å². The molecule has 0 spiro atoms. The lowest BCUT2D eigenvalue weighted by molar-refractivity contribution is -0.164. The molecule has 0 aromatic heterocycles.